The van der Waals surface area contributed by atoms with E-state index < -0.39 is 30.3 Å². The van der Waals surface area contributed by atoms with E-state index in [0.717, 1.165) is 44.4 Å². The molecule has 9 nitrogen and oxygen atoms in total. The first-order valence-electron chi connectivity index (χ1n) is 16.9. The molecule has 2 fully saturated rings. The van der Waals surface area contributed by atoms with E-state index in [4.69, 9.17) is 9.47 Å². The molecule has 7 rings (SSSR count). The van der Waals surface area contributed by atoms with Crippen LogP contribution in [-0.4, -0.2) is 56.2 Å². The van der Waals surface area contributed by atoms with Crippen molar-refractivity contribution in [2.45, 2.75) is 69.7 Å². The van der Waals surface area contributed by atoms with Gasteiger partial charge in [0.15, 0.2) is 6.29 Å². The van der Waals surface area contributed by atoms with E-state index in [1.165, 1.54) is 0 Å². The molecule has 0 bridgehead atoms. The van der Waals surface area contributed by atoms with Crippen LogP contribution in [0.5, 0.6) is 0 Å². The Morgan fingerprint density at radius 1 is 0.902 bits per heavy atom. The molecule has 0 spiro atoms. The van der Waals surface area contributed by atoms with Crippen LogP contribution in [0, 0.1) is 0 Å². The molecular weight excluding hydrogens is 661 g/mol. The third-order valence-corrected chi connectivity index (χ3v) is 9.57. The number of likely N-dealkylation sites (tertiary alicyclic amines) is 1. The number of amides is 2. The molecule has 0 radical (unpaired) electrons. The van der Waals surface area contributed by atoms with Crippen LogP contribution in [-0.2, 0) is 38.8 Å². The Kier molecular flexibility index (Phi) is 9.90. The van der Waals surface area contributed by atoms with E-state index in [1.807, 2.05) is 103 Å². The topological polar surface area (TPSA) is 106 Å². The number of hydrogen-bond acceptors (Lipinski definition) is 6. The number of fused-ring (bicyclic) bond motifs is 1. The highest BCUT2D eigenvalue weighted by molar-refractivity contribution is 5.90. The minimum absolute atomic E-state index is 0.0438. The monoisotopic (exact) mass is 698 g/mol. The Balaban J connectivity index is 1.08. The summed E-state index contributed by atoms with van der Waals surface area (Å²) in [5.74, 6) is -2.60. The highest BCUT2D eigenvalue weighted by Gasteiger charge is 2.47. The van der Waals surface area contributed by atoms with Crippen molar-refractivity contribution in [2.75, 3.05) is 6.54 Å². The zero-order chi connectivity index (χ0) is 35.5. The van der Waals surface area contributed by atoms with Gasteiger partial charge in [-0.05, 0) is 52.8 Å². The first kappa shape index (κ1) is 34.4. The molecule has 264 valence electrons. The molecule has 1 aromatic heterocycles. The second kappa shape index (κ2) is 14.7. The Bertz CT molecular complexity index is 2000. The molecule has 12 heteroatoms. The van der Waals surface area contributed by atoms with E-state index in [0.29, 0.717) is 24.3 Å². The van der Waals surface area contributed by atoms with Crippen molar-refractivity contribution in [1.82, 2.24) is 19.8 Å². The van der Waals surface area contributed by atoms with Gasteiger partial charge >= 0.3 is 12.1 Å². The van der Waals surface area contributed by atoms with Gasteiger partial charge < -0.3 is 29.4 Å². The Morgan fingerprint density at radius 3 is 2.39 bits per heavy atom. The van der Waals surface area contributed by atoms with Gasteiger partial charge in [-0.3, -0.25) is 9.59 Å². The summed E-state index contributed by atoms with van der Waals surface area (Å²) in [5, 5.41) is 12.3. The number of benzene rings is 4. The van der Waals surface area contributed by atoms with Crippen LogP contribution in [0.4, 0.5) is 13.2 Å². The normalized spacial score (nSPS) is 20.8. The largest absolute Gasteiger partial charge is 0.471 e. The van der Waals surface area contributed by atoms with Crippen molar-refractivity contribution in [3.8, 4) is 11.1 Å². The highest BCUT2D eigenvalue weighted by Crippen LogP contribution is 2.39. The molecule has 5 aromatic rings. The first-order chi connectivity index (χ1) is 24.7. The number of aliphatic hydroxyl groups excluding tert-OH is 1. The maximum Gasteiger partial charge on any atom is 0.471 e. The average molecular weight is 699 g/mol. The number of nitrogens with one attached hydrogen (secondary N) is 1. The Morgan fingerprint density at radius 2 is 1.63 bits per heavy atom. The third kappa shape index (κ3) is 7.53. The lowest BCUT2D eigenvalue weighted by molar-refractivity contribution is -0.252. The van der Waals surface area contributed by atoms with Gasteiger partial charge in [-0.2, -0.15) is 13.2 Å². The smallest absolute Gasteiger partial charge is 0.392 e. The quantitative estimate of drug-likeness (QED) is 0.180. The number of carbonyl (C=O) groups is 2. The van der Waals surface area contributed by atoms with E-state index in [9.17, 15) is 27.9 Å². The summed E-state index contributed by atoms with van der Waals surface area (Å²) in [6.45, 7) is 0.507. The lowest BCUT2D eigenvalue weighted by Crippen LogP contribution is -2.50. The minimum Gasteiger partial charge on any atom is -0.392 e. The lowest BCUT2D eigenvalue weighted by Gasteiger charge is -2.36. The fourth-order valence-corrected chi connectivity index (χ4v) is 6.93. The molecule has 0 aliphatic carbocycles. The molecule has 2 aliphatic heterocycles. The maximum atomic E-state index is 13.1. The fraction of sp³-hybridized carbons (Fsp3) is 0.308. The number of para-hydroxylation sites is 2. The third-order valence-electron chi connectivity index (χ3n) is 9.57. The van der Waals surface area contributed by atoms with Crippen LogP contribution in [0.3, 0.4) is 0 Å². The molecule has 4 unspecified atom stereocenters. The number of aromatic nitrogens is 2. The van der Waals surface area contributed by atoms with Gasteiger partial charge in [-0.25, -0.2) is 4.98 Å². The maximum absolute atomic E-state index is 13.1. The van der Waals surface area contributed by atoms with Crippen molar-refractivity contribution in [2.24, 2.45) is 0 Å². The number of alkyl halides is 3. The summed E-state index contributed by atoms with van der Waals surface area (Å²) in [7, 11) is 0. The second-order valence-electron chi connectivity index (χ2n) is 12.9. The van der Waals surface area contributed by atoms with Crippen LogP contribution in [0.25, 0.3) is 22.2 Å². The molecule has 2 amide bonds. The molecule has 0 saturated carbocycles. The SMILES string of the molecule is O=C(NCc1ccccc1-c1ccc(C2OC(Cn3cnc4ccccc43)CC(c3ccc(CO)cc3)O2)cc1)C1CCCN1C(=O)C(F)(F)F. The first-order valence-corrected chi connectivity index (χ1v) is 16.9. The van der Waals surface area contributed by atoms with Gasteiger partial charge in [0.25, 0.3) is 0 Å². The number of ether oxygens (including phenoxy) is 2. The van der Waals surface area contributed by atoms with Crippen molar-refractivity contribution >= 4 is 22.8 Å². The number of carbonyl (C=O) groups excluding carboxylic acids is 2. The molecule has 3 heterocycles. The Hall–Kier alpha value is -5.04. The molecule has 2 aliphatic rings. The molecule has 4 aromatic carbocycles. The number of imidazole rings is 1. The van der Waals surface area contributed by atoms with Gasteiger partial charge in [0.2, 0.25) is 5.91 Å². The lowest BCUT2D eigenvalue weighted by atomic mass is 9.97. The summed E-state index contributed by atoms with van der Waals surface area (Å²) in [6.07, 6.45) is -3.22. The van der Waals surface area contributed by atoms with Crippen LogP contribution < -0.4 is 5.32 Å². The van der Waals surface area contributed by atoms with Crippen LogP contribution in [0.2, 0.25) is 0 Å². The molecule has 2 N–H and O–H groups in total. The summed E-state index contributed by atoms with van der Waals surface area (Å²) in [6, 6.07) is 29.8. The van der Waals surface area contributed by atoms with Crippen molar-refractivity contribution in [3.05, 3.63) is 126 Å². The van der Waals surface area contributed by atoms with Gasteiger partial charge in [0.05, 0.1) is 42.7 Å². The number of aliphatic hydroxyl groups is 1. The number of hydrogen-bond donors (Lipinski definition) is 2. The van der Waals surface area contributed by atoms with E-state index in [2.05, 4.69) is 14.9 Å². The molecule has 51 heavy (non-hydrogen) atoms. The fourth-order valence-electron chi connectivity index (χ4n) is 6.93. The minimum atomic E-state index is -5.03. The standard InChI is InChI=1S/C39H37F3N4O5/c40-39(41,42)38(49)46-19-5-10-34(46)36(48)43-21-29-6-1-2-7-31(29)26-15-17-28(18-16-26)37-50-30(22-45-24-44-32-8-3-4-9-33(32)45)20-35(51-37)27-13-11-25(23-47)12-14-27/h1-4,6-9,11-18,24,30,34-35,37,47H,5,10,19-23H2,(H,43,48). The molecular formula is C39H37F3N4O5. The van der Waals surface area contributed by atoms with E-state index in [1.54, 1.807) is 0 Å². The van der Waals surface area contributed by atoms with Crippen molar-refractivity contribution in [3.63, 3.8) is 0 Å². The van der Waals surface area contributed by atoms with Crippen molar-refractivity contribution < 1.29 is 37.3 Å². The Labute approximate surface area is 292 Å². The van der Waals surface area contributed by atoms with E-state index in [-0.39, 0.29) is 38.3 Å². The summed E-state index contributed by atoms with van der Waals surface area (Å²) < 4.78 is 54.5. The molecule has 4 atom stereocenters. The van der Waals surface area contributed by atoms with Gasteiger partial charge in [-0.15, -0.1) is 0 Å². The number of rotatable bonds is 9. The van der Waals surface area contributed by atoms with Crippen LogP contribution in [0.15, 0.2) is 103 Å². The van der Waals surface area contributed by atoms with Gasteiger partial charge in [0.1, 0.15) is 6.04 Å². The summed E-state index contributed by atoms with van der Waals surface area (Å²) >= 11 is 0. The van der Waals surface area contributed by atoms with E-state index >= 15 is 0 Å². The second-order valence-corrected chi connectivity index (χ2v) is 12.9. The van der Waals surface area contributed by atoms with Gasteiger partial charge in [-0.1, -0.05) is 84.9 Å². The predicted octanol–water partition coefficient (Wildman–Crippen LogP) is 6.61. The predicted molar refractivity (Wildman–Crippen MR) is 183 cm³/mol. The van der Waals surface area contributed by atoms with Crippen molar-refractivity contribution in [1.29, 1.82) is 0 Å². The summed E-state index contributed by atoms with van der Waals surface area (Å²) in [5.41, 5.74) is 7.02. The molecule has 2 saturated heterocycles. The zero-order valence-electron chi connectivity index (χ0n) is 27.6. The average Bonchev–Trinajstić information content (AvgIpc) is 3.81. The van der Waals surface area contributed by atoms with Crippen LogP contribution >= 0.6 is 0 Å². The number of nitrogens with zero attached hydrogens (tertiary/aromatic N) is 3. The highest BCUT2D eigenvalue weighted by atomic mass is 19.4. The number of halogens is 3. The van der Waals surface area contributed by atoms with Gasteiger partial charge in [0, 0.05) is 25.1 Å². The zero-order valence-corrected chi connectivity index (χ0v) is 27.6. The van der Waals surface area contributed by atoms with Crippen LogP contribution in [0.1, 0.15) is 53.9 Å². The summed E-state index contributed by atoms with van der Waals surface area (Å²) in [4.78, 5) is 30.0.